The number of amides is 1. The molecular formula is C16H13F6N4NiO-. The Morgan fingerprint density at radius 3 is 2.43 bits per heavy atom. The zero-order valence-electron chi connectivity index (χ0n) is 14.0. The average Bonchev–Trinajstić information content (AvgIpc) is 3.02. The first-order chi connectivity index (χ1) is 12.7. The third kappa shape index (κ3) is 4.65. The van der Waals surface area contributed by atoms with Crippen molar-refractivity contribution in [3.8, 4) is 0 Å². The van der Waals surface area contributed by atoms with Crippen molar-refractivity contribution in [1.82, 2.24) is 19.7 Å². The molecule has 0 saturated carbocycles. The van der Waals surface area contributed by atoms with E-state index in [2.05, 4.69) is 10.2 Å². The minimum absolute atomic E-state index is 0. The molecule has 28 heavy (non-hydrogen) atoms. The molecule has 0 spiro atoms. The number of rotatable bonds is 4. The molecule has 1 aromatic carbocycles. The van der Waals surface area contributed by atoms with E-state index in [-0.39, 0.29) is 60.4 Å². The van der Waals surface area contributed by atoms with E-state index in [0.29, 0.717) is 12.1 Å². The minimum Gasteiger partial charge on any atom is -0.336 e. The summed E-state index contributed by atoms with van der Waals surface area (Å²) in [6, 6.07) is 1.14. The van der Waals surface area contributed by atoms with Gasteiger partial charge in [0.05, 0.1) is 6.54 Å². The molecule has 0 radical (unpaired) electrons. The minimum atomic E-state index is -4.63. The first kappa shape index (κ1) is 22.2. The summed E-state index contributed by atoms with van der Waals surface area (Å²) in [6.45, 7) is -0.184. The standard InChI is InChI=1S/C16H13F6N4O.Ni/c17-10-7-12(19)11(18)6-9(10)2-1-3-14(27)25-4-5-26-13(8-25)23-24-15(26)16(20,21)22;/h1,6-7H,2-5,8H2;/q-1;. The Bertz CT molecular complexity index is 870. The Kier molecular flexibility index (Phi) is 6.74. The van der Waals surface area contributed by atoms with Gasteiger partial charge in [-0.05, 0) is 11.6 Å². The van der Waals surface area contributed by atoms with Crippen molar-refractivity contribution in [3.63, 3.8) is 0 Å². The van der Waals surface area contributed by atoms with Crippen LogP contribution in [0.1, 0.15) is 23.6 Å². The molecule has 1 aliphatic heterocycles. The van der Waals surface area contributed by atoms with E-state index in [1.54, 1.807) is 0 Å². The smallest absolute Gasteiger partial charge is 0.336 e. The Balaban J connectivity index is 0.00000280. The molecule has 1 aromatic heterocycles. The van der Waals surface area contributed by atoms with Crippen LogP contribution >= 0.6 is 0 Å². The van der Waals surface area contributed by atoms with Crippen LogP contribution in [0.15, 0.2) is 12.1 Å². The molecule has 1 amide bonds. The quantitative estimate of drug-likeness (QED) is 0.312. The van der Waals surface area contributed by atoms with Gasteiger partial charge < -0.3 is 15.9 Å². The Hall–Kier alpha value is -2.10. The molecule has 0 fully saturated rings. The number of benzene rings is 1. The summed E-state index contributed by atoms with van der Waals surface area (Å²) in [5.74, 6) is -4.91. The number of halogens is 6. The Labute approximate surface area is 165 Å². The van der Waals surface area contributed by atoms with Gasteiger partial charge in [0.25, 0.3) is 0 Å². The van der Waals surface area contributed by atoms with Gasteiger partial charge in [0.2, 0.25) is 5.82 Å². The summed E-state index contributed by atoms with van der Waals surface area (Å²) in [4.78, 5) is 13.5. The van der Waals surface area contributed by atoms with Crippen LogP contribution in [0.25, 0.3) is 0 Å². The molecule has 12 heteroatoms. The second-order valence-electron chi connectivity index (χ2n) is 5.96. The van der Waals surface area contributed by atoms with Gasteiger partial charge in [-0.15, -0.1) is 10.2 Å². The molecular weight excluding hydrogens is 437 g/mol. The molecule has 2 heterocycles. The predicted molar refractivity (Wildman–Crippen MR) is 79.4 cm³/mol. The van der Waals surface area contributed by atoms with Crippen molar-refractivity contribution in [1.29, 1.82) is 0 Å². The average molecular weight is 450 g/mol. The van der Waals surface area contributed by atoms with E-state index in [4.69, 9.17) is 0 Å². The van der Waals surface area contributed by atoms with Crippen LogP contribution in [0, 0.1) is 23.9 Å². The van der Waals surface area contributed by atoms with Crippen LogP contribution in [0.3, 0.4) is 0 Å². The van der Waals surface area contributed by atoms with Crippen LogP contribution in [0.5, 0.6) is 0 Å². The SMILES string of the molecule is O=C(C[CH-]Cc1cc(F)c(F)cc1F)N1CCn2c(nnc2C(F)(F)F)C1.[Ni]. The van der Waals surface area contributed by atoms with Gasteiger partial charge in [-0.25, -0.2) is 13.2 Å². The number of carbonyl (C=O) groups is 1. The van der Waals surface area contributed by atoms with Gasteiger partial charge in [-0.3, -0.25) is 4.79 Å². The number of carbonyl (C=O) groups excluding carboxylic acids is 1. The maximum atomic E-state index is 13.5. The number of hydrogen-bond donors (Lipinski definition) is 0. The van der Waals surface area contributed by atoms with Crippen LogP contribution in [0.2, 0.25) is 0 Å². The molecule has 3 rings (SSSR count). The van der Waals surface area contributed by atoms with E-state index in [1.807, 2.05) is 0 Å². The van der Waals surface area contributed by atoms with Crippen molar-refractivity contribution in [3.05, 3.63) is 53.2 Å². The second kappa shape index (κ2) is 8.50. The van der Waals surface area contributed by atoms with Gasteiger partial charge in [-0.1, -0.05) is 6.42 Å². The zero-order valence-corrected chi connectivity index (χ0v) is 15.0. The molecule has 0 saturated heterocycles. The first-order valence-corrected chi connectivity index (χ1v) is 7.89. The van der Waals surface area contributed by atoms with Crippen molar-refractivity contribution in [2.24, 2.45) is 0 Å². The summed E-state index contributed by atoms with van der Waals surface area (Å²) < 4.78 is 78.8. The Morgan fingerprint density at radius 1 is 1.07 bits per heavy atom. The van der Waals surface area contributed by atoms with Crippen molar-refractivity contribution >= 4 is 5.91 Å². The normalized spacial score (nSPS) is 13.9. The fourth-order valence-corrected chi connectivity index (χ4v) is 2.78. The third-order valence-electron chi connectivity index (χ3n) is 4.13. The van der Waals surface area contributed by atoms with Crippen LogP contribution in [-0.2, 0) is 47.0 Å². The Morgan fingerprint density at radius 2 is 1.75 bits per heavy atom. The van der Waals surface area contributed by atoms with E-state index >= 15 is 0 Å². The number of aromatic nitrogens is 3. The summed E-state index contributed by atoms with van der Waals surface area (Å²) in [6.07, 6.45) is -3.48. The van der Waals surface area contributed by atoms with Crippen LogP contribution in [-0.4, -0.2) is 32.1 Å². The molecule has 0 bridgehead atoms. The van der Waals surface area contributed by atoms with Gasteiger partial charge in [0.15, 0.2) is 23.4 Å². The third-order valence-corrected chi connectivity index (χ3v) is 4.13. The first-order valence-electron chi connectivity index (χ1n) is 7.89. The molecule has 0 unspecified atom stereocenters. The monoisotopic (exact) mass is 449 g/mol. The molecule has 0 N–H and O–H groups in total. The van der Waals surface area contributed by atoms with Gasteiger partial charge >= 0.3 is 6.18 Å². The summed E-state index contributed by atoms with van der Waals surface area (Å²) in [5, 5.41) is 6.60. The van der Waals surface area contributed by atoms with E-state index in [1.165, 1.54) is 11.3 Å². The number of alkyl halides is 3. The van der Waals surface area contributed by atoms with Crippen molar-refractivity contribution in [2.45, 2.75) is 32.1 Å². The topological polar surface area (TPSA) is 51.0 Å². The zero-order chi connectivity index (χ0) is 19.8. The maximum absolute atomic E-state index is 13.5. The number of hydrogen-bond acceptors (Lipinski definition) is 3. The van der Waals surface area contributed by atoms with Gasteiger partial charge in [0, 0.05) is 35.6 Å². The predicted octanol–water partition coefficient (Wildman–Crippen LogP) is 2.89. The van der Waals surface area contributed by atoms with Gasteiger partial charge in [-0.2, -0.15) is 19.6 Å². The van der Waals surface area contributed by atoms with Crippen LogP contribution < -0.4 is 0 Å². The van der Waals surface area contributed by atoms with E-state index < -0.39 is 35.4 Å². The van der Waals surface area contributed by atoms with Crippen molar-refractivity contribution in [2.75, 3.05) is 6.54 Å². The van der Waals surface area contributed by atoms with Crippen LogP contribution in [0.4, 0.5) is 26.3 Å². The molecule has 1 aliphatic rings. The maximum Gasteiger partial charge on any atom is 0.451 e. The fourth-order valence-electron chi connectivity index (χ4n) is 2.78. The largest absolute Gasteiger partial charge is 0.451 e. The molecule has 0 aliphatic carbocycles. The summed E-state index contributed by atoms with van der Waals surface area (Å²) in [7, 11) is 0. The molecule has 156 valence electrons. The van der Waals surface area contributed by atoms with Gasteiger partial charge in [0.1, 0.15) is 5.82 Å². The summed E-state index contributed by atoms with van der Waals surface area (Å²) in [5.41, 5.74) is -0.102. The fraction of sp³-hybridized carbons (Fsp3) is 0.375. The van der Waals surface area contributed by atoms with E-state index in [0.717, 1.165) is 4.57 Å². The molecule has 5 nitrogen and oxygen atoms in total. The molecule has 2 aromatic rings. The van der Waals surface area contributed by atoms with E-state index in [9.17, 15) is 31.1 Å². The van der Waals surface area contributed by atoms with Crippen molar-refractivity contribution < 1.29 is 47.6 Å². The molecule has 0 atom stereocenters. The number of fused-ring (bicyclic) bond motifs is 1. The second-order valence-corrected chi connectivity index (χ2v) is 5.96. The number of nitrogens with zero attached hydrogens (tertiary/aromatic N) is 4. The summed E-state index contributed by atoms with van der Waals surface area (Å²) >= 11 is 0.